The van der Waals surface area contributed by atoms with E-state index in [0.29, 0.717) is 17.9 Å². The molecule has 4 rings (SSSR count). The molecule has 1 atom stereocenters. The van der Waals surface area contributed by atoms with Crippen LogP contribution in [0.5, 0.6) is 5.75 Å². The topological polar surface area (TPSA) is 96.0 Å². The Kier molecular flexibility index (Phi) is 10.7. The molecule has 44 heavy (non-hydrogen) atoms. The second-order valence-electron chi connectivity index (χ2n) is 10.3. The van der Waals surface area contributed by atoms with Crippen LogP contribution >= 0.6 is 0 Å². The third-order valence-corrected chi connectivity index (χ3v) is 8.92. The summed E-state index contributed by atoms with van der Waals surface area (Å²) in [5, 5.41) is 2.82. The predicted molar refractivity (Wildman–Crippen MR) is 168 cm³/mol. The molecule has 0 radical (unpaired) electrons. The minimum absolute atomic E-state index is 0.0152. The van der Waals surface area contributed by atoms with Crippen molar-refractivity contribution in [3.63, 3.8) is 0 Å². The van der Waals surface area contributed by atoms with Gasteiger partial charge in [0.1, 0.15) is 24.2 Å². The first kappa shape index (κ1) is 32.2. The number of halogens is 1. The van der Waals surface area contributed by atoms with Crippen molar-refractivity contribution in [1.29, 1.82) is 0 Å². The zero-order chi connectivity index (χ0) is 31.7. The fraction of sp³-hybridized carbons (Fsp3) is 0.235. The molecule has 4 aromatic rings. The van der Waals surface area contributed by atoms with Crippen molar-refractivity contribution in [3.05, 3.63) is 126 Å². The van der Waals surface area contributed by atoms with E-state index < -0.39 is 34.3 Å². The van der Waals surface area contributed by atoms with E-state index in [1.165, 1.54) is 48.4 Å². The molecule has 0 spiro atoms. The third-order valence-electron chi connectivity index (χ3n) is 7.14. The molecule has 230 valence electrons. The second kappa shape index (κ2) is 14.7. The zero-order valence-electron chi connectivity index (χ0n) is 24.9. The van der Waals surface area contributed by atoms with Gasteiger partial charge in [0.05, 0.1) is 17.7 Å². The fourth-order valence-electron chi connectivity index (χ4n) is 4.75. The number of rotatable bonds is 13. The van der Waals surface area contributed by atoms with Crippen LogP contribution < -0.4 is 14.4 Å². The van der Waals surface area contributed by atoms with Crippen LogP contribution in [0.2, 0.25) is 0 Å². The number of aryl methyl sites for hydroxylation is 1. The highest BCUT2D eigenvalue weighted by atomic mass is 32.2. The summed E-state index contributed by atoms with van der Waals surface area (Å²) in [5.41, 5.74) is 2.53. The van der Waals surface area contributed by atoms with E-state index in [4.69, 9.17) is 4.74 Å². The number of hydrogen-bond acceptors (Lipinski definition) is 5. The Labute approximate surface area is 258 Å². The summed E-state index contributed by atoms with van der Waals surface area (Å²) in [6.45, 7) is 3.33. The normalized spacial score (nSPS) is 11.8. The molecule has 0 bridgehead atoms. The van der Waals surface area contributed by atoms with Crippen LogP contribution in [0.25, 0.3) is 0 Å². The van der Waals surface area contributed by atoms with Gasteiger partial charge in [-0.3, -0.25) is 13.9 Å². The van der Waals surface area contributed by atoms with Gasteiger partial charge < -0.3 is 15.0 Å². The van der Waals surface area contributed by atoms with Crippen LogP contribution in [0.4, 0.5) is 10.1 Å². The number of amides is 2. The van der Waals surface area contributed by atoms with Crippen molar-refractivity contribution < 1.29 is 27.1 Å². The summed E-state index contributed by atoms with van der Waals surface area (Å²) < 4.78 is 48.2. The van der Waals surface area contributed by atoms with Crippen molar-refractivity contribution in [2.45, 2.75) is 37.8 Å². The Morgan fingerprint density at radius 2 is 1.50 bits per heavy atom. The van der Waals surface area contributed by atoms with Gasteiger partial charge in [-0.15, -0.1) is 0 Å². The Balaban J connectivity index is 1.79. The van der Waals surface area contributed by atoms with Gasteiger partial charge in [0, 0.05) is 19.5 Å². The maximum atomic E-state index is 14.3. The predicted octanol–water partition coefficient (Wildman–Crippen LogP) is 5.11. The van der Waals surface area contributed by atoms with E-state index in [9.17, 15) is 22.4 Å². The lowest BCUT2D eigenvalue weighted by Crippen LogP contribution is -2.53. The average molecular weight is 618 g/mol. The quantitative estimate of drug-likeness (QED) is 0.225. The smallest absolute Gasteiger partial charge is 0.264 e. The summed E-state index contributed by atoms with van der Waals surface area (Å²) in [7, 11) is -2.72. The van der Waals surface area contributed by atoms with Crippen LogP contribution in [0, 0.1) is 12.7 Å². The molecule has 0 aliphatic rings. The zero-order valence-corrected chi connectivity index (χ0v) is 25.8. The number of hydrogen-bond donors (Lipinski definition) is 1. The molecule has 4 aromatic carbocycles. The van der Waals surface area contributed by atoms with Crippen molar-refractivity contribution in [1.82, 2.24) is 10.2 Å². The van der Waals surface area contributed by atoms with E-state index in [1.807, 2.05) is 37.3 Å². The molecule has 2 amide bonds. The highest BCUT2D eigenvalue weighted by Gasteiger charge is 2.34. The van der Waals surface area contributed by atoms with Crippen LogP contribution in [0.15, 0.2) is 108 Å². The van der Waals surface area contributed by atoms with Gasteiger partial charge in [-0.1, -0.05) is 60.2 Å². The SMILES string of the molecule is CCNC(=O)C(Cc1ccccc1)N(Cc1ccc(F)cc1)C(=O)CN(c1ccc(OC)cc1)S(=O)(=O)c1ccc(C)cc1. The van der Waals surface area contributed by atoms with Crippen LogP contribution in [0.3, 0.4) is 0 Å². The van der Waals surface area contributed by atoms with Gasteiger partial charge in [0.15, 0.2) is 0 Å². The maximum absolute atomic E-state index is 14.3. The van der Waals surface area contributed by atoms with Crippen LogP contribution in [0.1, 0.15) is 23.6 Å². The van der Waals surface area contributed by atoms with E-state index >= 15 is 0 Å². The van der Waals surface area contributed by atoms with E-state index in [-0.39, 0.29) is 29.5 Å². The highest BCUT2D eigenvalue weighted by Crippen LogP contribution is 2.27. The Morgan fingerprint density at radius 3 is 2.09 bits per heavy atom. The lowest BCUT2D eigenvalue weighted by atomic mass is 10.0. The number of anilines is 1. The number of benzene rings is 4. The first-order valence-electron chi connectivity index (χ1n) is 14.2. The minimum atomic E-state index is -4.22. The van der Waals surface area contributed by atoms with Crippen molar-refractivity contribution in [2.24, 2.45) is 0 Å². The molecule has 0 aromatic heterocycles. The molecular weight excluding hydrogens is 581 g/mol. The molecule has 0 aliphatic heterocycles. The first-order valence-corrected chi connectivity index (χ1v) is 15.7. The maximum Gasteiger partial charge on any atom is 0.264 e. The highest BCUT2D eigenvalue weighted by molar-refractivity contribution is 7.92. The van der Waals surface area contributed by atoms with Crippen LogP contribution in [-0.2, 0) is 32.6 Å². The summed E-state index contributed by atoms with van der Waals surface area (Å²) >= 11 is 0. The number of nitrogens with zero attached hydrogens (tertiary/aromatic N) is 2. The molecule has 1 N–H and O–H groups in total. The van der Waals surface area contributed by atoms with Gasteiger partial charge in [-0.25, -0.2) is 12.8 Å². The molecule has 1 unspecified atom stereocenters. The van der Waals surface area contributed by atoms with Crippen LogP contribution in [-0.4, -0.2) is 51.4 Å². The lowest BCUT2D eigenvalue weighted by Gasteiger charge is -2.33. The molecule has 0 saturated heterocycles. The Bertz CT molecular complexity index is 1650. The standard InChI is InChI=1S/C34H36FN3O5S/c1-4-36-34(40)32(22-26-8-6-5-7-9-26)37(23-27-12-14-28(35)15-13-27)33(39)24-38(29-16-18-30(43-3)19-17-29)44(41,42)31-20-10-25(2)11-21-31/h5-21,32H,4,22-24H2,1-3H3,(H,36,40). The summed E-state index contributed by atoms with van der Waals surface area (Å²) in [5.74, 6) is -0.909. The van der Waals surface area contributed by atoms with Gasteiger partial charge >= 0.3 is 0 Å². The number of carbonyl (C=O) groups excluding carboxylic acids is 2. The van der Waals surface area contributed by atoms with Gasteiger partial charge in [0.2, 0.25) is 11.8 Å². The minimum Gasteiger partial charge on any atom is -0.497 e. The number of sulfonamides is 1. The molecular formula is C34H36FN3O5S. The first-order chi connectivity index (χ1) is 21.1. The van der Waals surface area contributed by atoms with Crippen molar-refractivity contribution in [3.8, 4) is 5.75 Å². The van der Waals surface area contributed by atoms with E-state index in [0.717, 1.165) is 15.4 Å². The second-order valence-corrected chi connectivity index (χ2v) is 12.1. The van der Waals surface area contributed by atoms with Gasteiger partial charge in [0.25, 0.3) is 10.0 Å². The third kappa shape index (κ3) is 8.02. The molecule has 0 aliphatic carbocycles. The fourth-order valence-corrected chi connectivity index (χ4v) is 6.16. The number of methoxy groups -OCH3 is 1. The van der Waals surface area contributed by atoms with Gasteiger partial charge in [-0.05, 0) is 73.5 Å². The molecule has 10 heteroatoms. The largest absolute Gasteiger partial charge is 0.497 e. The monoisotopic (exact) mass is 617 g/mol. The molecule has 0 saturated carbocycles. The Hall–Kier alpha value is -4.70. The van der Waals surface area contributed by atoms with Gasteiger partial charge in [-0.2, -0.15) is 0 Å². The number of nitrogens with one attached hydrogen (secondary N) is 1. The molecule has 0 heterocycles. The number of ether oxygens (including phenoxy) is 1. The van der Waals surface area contributed by atoms with Crippen molar-refractivity contribution >= 4 is 27.5 Å². The molecule has 8 nitrogen and oxygen atoms in total. The summed E-state index contributed by atoms with van der Waals surface area (Å²) in [4.78, 5) is 29.2. The van der Waals surface area contributed by atoms with E-state index in [1.54, 1.807) is 43.3 Å². The lowest BCUT2D eigenvalue weighted by molar-refractivity contribution is -0.140. The van der Waals surface area contributed by atoms with Crippen molar-refractivity contribution in [2.75, 3.05) is 24.5 Å². The number of carbonyl (C=O) groups is 2. The van der Waals surface area contributed by atoms with E-state index in [2.05, 4.69) is 5.32 Å². The summed E-state index contributed by atoms with van der Waals surface area (Å²) in [6.07, 6.45) is 0.187. The molecule has 0 fully saturated rings. The average Bonchev–Trinajstić information content (AvgIpc) is 3.03. The number of likely N-dealkylation sites (N-methyl/N-ethyl adjacent to an activating group) is 1. The summed E-state index contributed by atoms with van der Waals surface area (Å²) in [6, 6.07) is 26.6. The Morgan fingerprint density at radius 1 is 0.864 bits per heavy atom.